The normalized spacial score (nSPS) is 10.7. The summed E-state index contributed by atoms with van der Waals surface area (Å²) in [6, 6.07) is 0. The Morgan fingerprint density at radius 2 is 0.815 bits per heavy atom. The number of carbonyl (C=O) groups is 2. The van der Waals surface area contributed by atoms with E-state index in [1.54, 1.807) is 0 Å². The van der Waals surface area contributed by atoms with Gasteiger partial charge in [0, 0.05) is 0 Å². The van der Waals surface area contributed by atoms with Gasteiger partial charge in [0.15, 0.2) is 5.92 Å². The van der Waals surface area contributed by atoms with E-state index in [0.29, 0.717) is 6.42 Å². The average molecular weight is 388 g/mol. The molecule has 0 heterocycles. The van der Waals surface area contributed by atoms with Gasteiger partial charge in [0.1, 0.15) is 0 Å². The predicted molar refractivity (Wildman–Crippen MR) is 113 cm³/mol. The first-order valence-electron chi connectivity index (χ1n) is 11.0. The van der Waals surface area contributed by atoms with Crippen LogP contribution in [0.4, 0.5) is 0 Å². The van der Waals surface area contributed by atoms with Crippen molar-refractivity contribution in [3.05, 3.63) is 0 Å². The van der Waals surface area contributed by atoms with E-state index in [2.05, 4.69) is 6.92 Å². The number of aliphatic carboxylic acids is 2. The van der Waals surface area contributed by atoms with Crippen LogP contribution < -0.4 is 6.15 Å². The molecule has 0 atom stereocenters. The minimum absolute atomic E-state index is 0. The molecule has 0 aromatic heterocycles. The summed E-state index contributed by atoms with van der Waals surface area (Å²) in [5.41, 5.74) is 0. The zero-order valence-electron chi connectivity index (χ0n) is 17.7. The zero-order chi connectivity index (χ0) is 19.5. The third kappa shape index (κ3) is 19.5. The van der Waals surface area contributed by atoms with E-state index in [-0.39, 0.29) is 12.6 Å². The minimum atomic E-state index is -1.23. The molecule has 0 aliphatic heterocycles. The van der Waals surface area contributed by atoms with Gasteiger partial charge in [-0.3, -0.25) is 9.59 Å². The molecule has 0 unspecified atom stereocenters. The van der Waals surface area contributed by atoms with E-state index in [0.717, 1.165) is 12.8 Å². The standard InChI is InChI=1S/C22H42O4.H3N/c1-2-3-4-5-6-7-8-9-10-11-12-13-14-15-16-17-18-19-20(21(23)24)22(25)26;/h20H,2-19H2,1H3,(H,23,24)(H,25,26);1H3. The molecule has 0 aromatic rings. The Bertz CT molecular complexity index is 333. The van der Waals surface area contributed by atoms with Crippen molar-refractivity contribution in [2.75, 3.05) is 0 Å². The Balaban J connectivity index is 0. The van der Waals surface area contributed by atoms with E-state index in [1.165, 1.54) is 89.9 Å². The molecule has 5 heteroatoms. The Kier molecular flexibility index (Phi) is 22.1. The lowest BCUT2D eigenvalue weighted by molar-refractivity contribution is -0.154. The molecular formula is C22H45NO4. The van der Waals surface area contributed by atoms with Gasteiger partial charge in [-0.25, -0.2) is 0 Å². The van der Waals surface area contributed by atoms with Gasteiger partial charge in [-0.05, 0) is 6.42 Å². The van der Waals surface area contributed by atoms with E-state index in [1.807, 2.05) is 0 Å². The van der Waals surface area contributed by atoms with Crippen LogP contribution in [0.1, 0.15) is 122 Å². The quantitative estimate of drug-likeness (QED) is 0.154. The van der Waals surface area contributed by atoms with Crippen LogP contribution in [-0.2, 0) is 9.59 Å². The summed E-state index contributed by atoms with van der Waals surface area (Å²) in [6.45, 7) is 2.26. The van der Waals surface area contributed by atoms with E-state index >= 15 is 0 Å². The second-order valence-electron chi connectivity index (χ2n) is 7.67. The maximum atomic E-state index is 10.8. The van der Waals surface area contributed by atoms with Crippen molar-refractivity contribution in [2.45, 2.75) is 122 Å². The third-order valence-corrected chi connectivity index (χ3v) is 5.19. The minimum Gasteiger partial charge on any atom is -0.481 e. The van der Waals surface area contributed by atoms with Crippen LogP contribution in [0.5, 0.6) is 0 Å². The molecule has 5 N–H and O–H groups in total. The Hall–Kier alpha value is -1.10. The number of rotatable bonds is 20. The van der Waals surface area contributed by atoms with E-state index < -0.39 is 17.9 Å². The lowest BCUT2D eigenvalue weighted by Gasteiger charge is -2.07. The summed E-state index contributed by atoms with van der Waals surface area (Å²) in [6.07, 6.45) is 21.9. The van der Waals surface area contributed by atoms with Crippen molar-refractivity contribution in [3.8, 4) is 0 Å². The molecule has 0 saturated heterocycles. The molecule has 0 rings (SSSR count). The molecule has 0 spiro atoms. The molecule has 0 radical (unpaired) electrons. The molecule has 5 nitrogen and oxygen atoms in total. The molecule has 162 valence electrons. The van der Waals surface area contributed by atoms with Crippen molar-refractivity contribution >= 4 is 11.9 Å². The molecule has 0 saturated carbocycles. The van der Waals surface area contributed by atoms with Crippen LogP contribution in [0.15, 0.2) is 0 Å². The lowest BCUT2D eigenvalue weighted by atomic mass is 10.00. The molecular weight excluding hydrogens is 342 g/mol. The molecule has 0 fully saturated rings. The second kappa shape index (κ2) is 21.2. The number of hydrogen-bond donors (Lipinski definition) is 3. The van der Waals surface area contributed by atoms with Crippen molar-refractivity contribution in [1.82, 2.24) is 6.15 Å². The highest BCUT2D eigenvalue weighted by molar-refractivity contribution is 5.92. The van der Waals surface area contributed by atoms with Crippen molar-refractivity contribution in [1.29, 1.82) is 0 Å². The predicted octanol–water partition coefficient (Wildman–Crippen LogP) is 6.98. The molecule has 0 aliphatic carbocycles. The van der Waals surface area contributed by atoms with Crippen LogP contribution in [0.3, 0.4) is 0 Å². The van der Waals surface area contributed by atoms with E-state index in [9.17, 15) is 9.59 Å². The molecule has 0 aliphatic rings. The largest absolute Gasteiger partial charge is 0.481 e. The van der Waals surface area contributed by atoms with Crippen molar-refractivity contribution < 1.29 is 19.8 Å². The maximum absolute atomic E-state index is 10.8. The number of carboxylic acid groups (broad SMARTS) is 2. The second-order valence-corrected chi connectivity index (χ2v) is 7.67. The summed E-state index contributed by atoms with van der Waals surface area (Å²) in [7, 11) is 0. The summed E-state index contributed by atoms with van der Waals surface area (Å²) < 4.78 is 0. The molecule has 0 aromatic carbocycles. The van der Waals surface area contributed by atoms with Crippen LogP contribution in [-0.4, -0.2) is 22.2 Å². The molecule has 0 amide bonds. The van der Waals surface area contributed by atoms with Gasteiger partial charge in [-0.15, -0.1) is 0 Å². The van der Waals surface area contributed by atoms with Crippen molar-refractivity contribution in [2.24, 2.45) is 5.92 Å². The third-order valence-electron chi connectivity index (χ3n) is 5.19. The lowest BCUT2D eigenvalue weighted by Crippen LogP contribution is -2.23. The summed E-state index contributed by atoms with van der Waals surface area (Å²) >= 11 is 0. The number of unbranched alkanes of at least 4 members (excludes halogenated alkanes) is 16. The average Bonchev–Trinajstić information content (AvgIpc) is 2.60. The van der Waals surface area contributed by atoms with Gasteiger partial charge in [0.2, 0.25) is 0 Å². The number of hydrogen-bond acceptors (Lipinski definition) is 3. The van der Waals surface area contributed by atoms with Crippen molar-refractivity contribution in [3.63, 3.8) is 0 Å². The molecule has 0 bridgehead atoms. The zero-order valence-corrected chi connectivity index (χ0v) is 17.7. The Labute approximate surface area is 166 Å². The van der Waals surface area contributed by atoms with Gasteiger partial charge in [-0.2, -0.15) is 0 Å². The number of carboxylic acids is 2. The summed E-state index contributed by atoms with van der Waals surface area (Å²) in [5, 5.41) is 17.6. The maximum Gasteiger partial charge on any atom is 0.317 e. The first-order valence-corrected chi connectivity index (χ1v) is 11.0. The van der Waals surface area contributed by atoms with Crippen LogP contribution in [0.25, 0.3) is 0 Å². The summed E-state index contributed by atoms with van der Waals surface area (Å²) in [5.74, 6) is -3.66. The van der Waals surface area contributed by atoms with Gasteiger partial charge < -0.3 is 16.4 Å². The first kappa shape index (κ1) is 28.1. The Morgan fingerprint density at radius 3 is 1.07 bits per heavy atom. The van der Waals surface area contributed by atoms with Crippen LogP contribution in [0.2, 0.25) is 0 Å². The van der Waals surface area contributed by atoms with E-state index in [4.69, 9.17) is 10.2 Å². The van der Waals surface area contributed by atoms with Crippen LogP contribution in [0, 0.1) is 5.92 Å². The fraction of sp³-hybridized carbons (Fsp3) is 0.909. The fourth-order valence-corrected chi connectivity index (χ4v) is 3.43. The fourth-order valence-electron chi connectivity index (χ4n) is 3.43. The first-order chi connectivity index (χ1) is 12.6. The highest BCUT2D eigenvalue weighted by Crippen LogP contribution is 2.15. The van der Waals surface area contributed by atoms with Gasteiger partial charge >= 0.3 is 11.9 Å². The SMILES string of the molecule is CCCCCCCCCCCCCCCCCCCC(C(=O)O)C(=O)O.N. The van der Waals surface area contributed by atoms with Crippen LogP contribution >= 0.6 is 0 Å². The highest BCUT2D eigenvalue weighted by Gasteiger charge is 2.24. The Morgan fingerprint density at radius 1 is 0.556 bits per heavy atom. The topological polar surface area (TPSA) is 110 Å². The summed E-state index contributed by atoms with van der Waals surface area (Å²) in [4.78, 5) is 21.5. The monoisotopic (exact) mass is 387 g/mol. The van der Waals surface area contributed by atoms with Gasteiger partial charge in [-0.1, -0.05) is 116 Å². The molecule has 27 heavy (non-hydrogen) atoms. The van der Waals surface area contributed by atoms with Gasteiger partial charge in [0.05, 0.1) is 0 Å². The smallest absolute Gasteiger partial charge is 0.317 e. The van der Waals surface area contributed by atoms with Gasteiger partial charge in [0.25, 0.3) is 0 Å². The highest BCUT2D eigenvalue weighted by atomic mass is 16.4.